The van der Waals surface area contributed by atoms with Gasteiger partial charge in [-0.15, -0.1) is 0 Å². The molecule has 9 heavy (non-hydrogen) atoms. The minimum atomic E-state index is -0.138. The first-order valence-corrected chi connectivity index (χ1v) is 2.62. The van der Waals surface area contributed by atoms with E-state index in [1.54, 1.807) is 0 Å². The molecule has 2 amide bonds. The van der Waals surface area contributed by atoms with Crippen LogP contribution in [0.4, 0.5) is 0 Å². The van der Waals surface area contributed by atoms with Gasteiger partial charge in [-0.05, 0) is 6.42 Å². The number of piperidine rings is 1. The Bertz CT molecular complexity index is 121. The van der Waals surface area contributed by atoms with Gasteiger partial charge in [0.2, 0.25) is 11.8 Å². The van der Waals surface area contributed by atoms with Crippen molar-refractivity contribution >= 4 is 39.1 Å². The Hall–Kier alpha value is 0.0621. The van der Waals surface area contributed by atoms with E-state index in [0.717, 1.165) is 0 Å². The van der Waals surface area contributed by atoms with Gasteiger partial charge < -0.3 is 0 Å². The Labute approximate surface area is 73.3 Å². The second kappa shape index (κ2) is 3.97. The van der Waals surface area contributed by atoms with E-state index in [9.17, 15) is 9.59 Å². The molecule has 1 heterocycles. The number of carbonyl (C=O) groups excluding carboxylic acids is 2. The molecule has 0 bridgehead atoms. The van der Waals surface area contributed by atoms with E-state index < -0.39 is 0 Å². The Morgan fingerprint density at radius 1 is 1.11 bits per heavy atom. The Kier molecular flexibility index (Phi) is 4.00. The molecule has 0 saturated carbocycles. The molecule has 3 nitrogen and oxygen atoms in total. The van der Waals surface area contributed by atoms with Gasteiger partial charge >= 0.3 is 0 Å². The van der Waals surface area contributed by atoms with E-state index in [2.05, 4.69) is 5.32 Å². The van der Waals surface area contributed by atoms with Crippen molar-refractivity contribution in [1.82, 2.24) is 5.32 Å². The monoisotopic (exact) mass is 318 g/mol. The fourth-order valence-electron chi connectivity index (χ4n) is 0.690. The van der Waals surface area contributed by atoms with Gasteiger partial charge in [0.1, 0.15) is 0 Å². The standard InChI is InChI=1S/C5H7NO2.Tl/c7-4-2-1-3-5(8)6-4;/h1-3H2,(H,6,7,8);. The van der Waals surface area contributed by atoms with Gasteiger partial charge in [-0.1, -0.05) is 0 Å². The van der Waals surface area contributed by atoms with E-state index >= 15 is 0 Å². The number of carbonyl (C=O) groups is 2. The molecule has 0 atom stereocenters. The molecule has 1 fully saturated rings. The fourth-order valence-corrected chi connectivity index (χ4v) is 0.690. The summed E-state index contributed by atoms with van der Waals surface area (Å²) in [5.74, 6) is -0.275. The van der Waals surface area contributed by atoms with Crippen LogP contribution in [0.5, 0.6) is 0 Å². The third-order valence-electron chi connectivity index (χ3n) is 1.09. The topological polar surface area (TPSA) is 46.2 Å². The van der Waals surface area contributed by atoms with E-state index in [1.165, 1.54) is 0 Å². The molecule has 0 aromatic rings. The summed E-state index contributed by atoms with van der Waals surface area (Å²) >= 11 is 0. The summed E-state index contributed by atoms with van der Waals surface area (Å²) in [6.07, 6.45) is 1.72. The largest absolute Gasteiger partial charge is 0.296 e. The van der Waals surface area contributed by atoms with Crippen molar-refractivity contribution in [3.8, 4) is 0 Å². The molecule has 0 aliphatic carbocycles. The second-order valence-electron chi connectivity index (χ2n) is 1.82. The zero-order chi connectivity index (χ0) is 5.98. The molecule has 0 aromatic carbocycles. The van der Waals surface area contributed by atoms with Gasteiger partial charge in [0.15, 0.2) is 0 Å². The molecule has 1 rings (SSSR count). The molecule has 1 N–H and O–H groups in total. The first kappa shape index (κ1) is 9.06. The molecule has 1 aliphatic rings. The van der Waals surface area contributed by atoms with E-state index in [1.807, 2.05) is 0 Å². The second-order valence-corrected chi connectivity index (χ2v) is 1.82. The van der Waals surface area contributed by atoms with Crippen LogP contribution >= 0.6 is 0 Å². The number of imide groups is 1. The quantitative estimate of drug-likeness (QED) is 0.481. The zero-order valence-corrected chi connectivity index (χ0v) is 9.50. The maximum Gasteiger partial charge on any atom is 0.226 e. The van der Waals surface area contributed by atoms with Crippen LogP contribution in [0.2, 0.25) is 0 Å². The molecule has 47 valence electrons. The average molecular weight is 317 g/mol. The van der Waals surface area contributed by atoms with E-state index in [4.69, 9.17) is 0 Å². The number of nitrogens with one attached hydrogen (secondary N) is 1. The minimum absolute atomic E-state index is 0. The van der Waals surface area contributed by atoms with Crippen LogP contribution in [-0.4, -0.2) is 39.1 Å². The number of hydrogen-bond donors (Lipinski definition) is 1. The van der Waals surface area contributed by atoms with Gasteiger partial charge in [0.05, 0.1) is 0 Å². The molecule has 0 spiro atoms. The molecular formula is C5H7NO2Tl. The van der Waals surface area contributed by atoms with Crippen molar-refractivity contribution in [2.75, 3.05) is 0 Å². The third kappa shape index (κ3) is 2.93. The van der Waals surface area contributed by atoms with Crippen LogP contribution in [0.1, 0.15) is 19.3 Å². The van der Waals surface area contributed by atoms with Crippen LogP contribution in [0.15, 0.2) is 0 Å². The molecular weight excluding hydrogens is 310 g/mol. The van der Waals surface area contributed by atoms with Gasteiger partial charge in [0, 0.05) is 40.1 Å². The van der Waals surface area contributed by atoms with Gasteiger partial charge in [0.25, 0.3) is 0 Å². The summed E-state index contributed by atoms with van der Waals surface area (Å²) in [6.45, 7) is 0. The molecule has 0 aromatic heterocycles. The van der Waals surface area contributed by atoms with Crippen molar-refractivity contribution < 1.29 is 9.59 Å². The Morgan fingerprint density at radius 2 is 1.56 bits per heavy atom. The SMILES string of the molecule is O=C1CCCC(=O)N1.[Tl]. The van der Waals surface area contributed by atoms with Crippen LogP contribution in [-0.2, 0) is 9.59 Å². The zero-order valence-electron chi connectivity index (χ0n) is 5.02. The molecule has 4 heteroatoms. The summed E-state index contributed by atoms with van der Waals surface area (Å²) in [7, 11) is 0. The summed E-state index contributed by atoms with van der Waals surface area (Å²) in [4.78, 5) is 20.7. The first-order valence-electron chi connectivity index (χ1n) is 2.62. The summed E-state index contributed by atoms with van der Waals surface area (Å²) in [6, 6.07) is 0. The predicted molar refractivity (Wildman–Crippen MR) is 32.8 cm³/mol. The van der Waals surface area contributed by atoms with Crippen LogP contribution in [0.25, 0.3) is 0 Å². The molecule has 1 saturated heterocycles. The van der Waals surface area contributed by atoms with Gasteiger partial charge in [-0.25, -0.2) is 0 Å². The Balaban J connectivity index is 0.000000640. The summed E-state index contributed by atoms with van der Waals surface area (Å²) < 4.78 is 0. The first-order chi connectivity index (χ1) is 3.79. The number of hydrogen-bond acceptors (Lipinski definition) is 2. The minimum Gasteiger partial charge on any atom is -0.296 e. The van der Waals surface area contributed by atoms with Crippen molar-refractivity contribution in [2.24, 2.45) is 0 Å². The predicted octanol–water partition coefficient (Wildman–Crippen LogP) is -0.568. The number of rotatable bonds is 0. The molecule has 1 aliphatic heterocycles. The molecule has 0 unspecified atom stereocenters. The number of amides is 2. The fraction of sp³-hybridized carbons (Fsp3) is 0.600. The maximum absolute atomic E-state index is 10.3. The van der Waals surface area contributed by atoms with Crippen LogP contribution in [0, 0.1) is 0 Å². The summed E-state index contributed by atoms with van der Waals surface area (Å²) in [5, 5.41) is 2.20. The van der Waals surface area contributed by atoms with E-state index in [0.29, 0.717) is 19.3 Å². The average Bonchev–Trinajstić information content (AvgIpc) is 1.64. The van der Waals surface area contributed by atoms with Gasteiger partial charge in [-0.3, -0.25) is 14.9 Å². The van der Waals surface area contributed by atoms with Gasteiger partial charge in [-0.2, -0.15) is 0 Å². The third-order valence-corrected chi connectivity index (χ3v) is 1.09. The van der Waals surface area contributed by atoms with Crippen LogP contribution in [0.3, 0.4) is 0 Å². The maximum atomic E-state index is 10.3. The van der Waals surface area contributed by atoms with Crippen molar-refractivity contribution in [2.45, 2.75) is 19.3 Å². The summed E-state index contributed by atoms with van der Waals surface area (Å²) in [5.41, 5.74) is 0. The van der Waals surface area contributed by atoms with Crippen molar-refractivity contribution in [3.05, 3.63) is 0 Å². The van der Waals surface area contributed by atoms with Crippen molar-refractivity contribution in [3.63, 3.8) is 0 Å². The van der Waals surface area contributed by atoms with E-state index in [-0.39, 0.29) is 39.1 Å². The van der Waals surface area contributed by atoms with Crippen LogP contribution < -0.4 is 5.32 Å². The smallest absolute Gasteiger partial charge is 0.226 e. The van der Waals surface area contributed by atoms with Crippen molar-refractivity contribution in [1.29, 1.82) is 0 Å². The Morgan fingerprint density at radius 3 is 1.78 bits per heavy atom. The molecule has 1 radical (unpaired) electrons. The normalized spacial score (nSPS) is 18.2.